The zero-order valence-corrected chi connectivity index (χ0v) is 10.9. The van der Waals surface area contributed by atoms with E-state index in [4.69, 9.17) is 0 Å². The molecule has 20 heavy (non-hydrogen) atoms. The van der Waals surface area contributed by atoms with Crippen molar-refractivity contribution in [3.8, 4) is 0 Å². The van der Waals surface area contributed by atoms with Gasteiger partial charge in [-0.1, -0.05) is 6.07 Å². The number of nitrogens with zero attached hydrogens (tertiary/aromatic N) is 2. The van der Waals surface area contributed by atoms with Crippen molar-refractivity contribution >= 4 is 5.69 Å². The highest BCUT2D eigenvalue weighted by Crippen LogP contribution is 2.22. The van der Waals surface area contributed by atoms with Crippen LogP contribution in [0.3, 0.4) is 0 Å². The molecule has 0 radical (unpaired) electrons. The summed E-state index contributed by atoms with van der Waals surface area (Å²) in [6.07, 6.45) is -4.36. The topological polar surface area (TPSA) is 46.4 Å². The summed E-state index contributed by atoms with van der Waals surface area (Å²) in [5, 5.41) is 10.5. The average Bonchev–Trinajstić information content (AvgIpc) is 2.25. The Labute approximate surface area is 113 Å². The maximum Gasteiger partial charge on any atom is 0.401 e. The lowest BCUT2D eigenvalue weighted by atomic mass is 10.1. The maximum atomic E-state index is 13.4. The zero-order valence-electron chi connectivity index (χ0n) is 10.9. The fraction of sp³-hybridized carbons (Fsp3) is 0.500. The second kappa shape index (κ2) is 6.17. The summed E-state index contributed by atoms with van der Waals surface area (Å²) in [6, 6.07) is 2.71. The van der Waals surface area contributed by atoms with Gasteiger partial charge in [0.1, 0.15) is 0 Å². The average molecular weight is 294 g/mol. The lowest BCUT2D eigenvalue weighted by Crippen LogP contribution is -2.38. The summed E-state index contributed by atoms with van der Waals surface area (Å²) in [7, 11) is 0. The van der Waals surface area contributed by atoms with Gasteiger partial charge in [-0.2, -0.15) is 17.6 Å². The number of hydrogen-bond acceptors (Lipinski definition) is 3. The number of alkyl halides is 3. The molecule has 1 aromatic rings. The van der Waals surface area contributed by atoms with Gasteiger partial charge in [0.05, 0.1) is 11.5 Å². The second-order valence-corrected chi connectivity index (χ2v) is 4.66. The van der Waals surface area contributed by atoms with E-state index in [-0.39, 0.29) is 12.1 Å². The predicted molar refractivity (Wildman–Crippen MR) is 64.7 cm³/mol. The number of hydrogen-bond donors (Lipinski definition) is 0. The molecule has 0 saturated carbocycles. The molecule has 0 aliphatic rings. The van der Waals surface area contributed by atoms with Crippen LogP contribution in [0.15, 0.2) is 18.2 Å². The van der Waals surface area contributed by atoms with Crippen LogP contribution >= 0.6 is 0 Å². The second-order valence-electron chi connectivity index (χ2n) is 4.66. The van der Waals surface area contributed by atoms with Gasteiger partial charge in [-0.15, -0.1) is 0 Å². The molecule has 1 rings (SSSR count). The van der Waals surface area contributed by atoms with Crippen molar-refractivity contribution < 1.29 is 22.5 Å². The minimum absolute atomic E-state index is 0.133. The van der Waals surface area contributed by atoms with Crippen LogP contribution < -0.4 is 0 Å². The summed E-state index contributed by atoms with van der Waals surface area (Å²) in [5.41, 5.74) is -0.438. The fourth-order valence-corrected chi connectivity index (χ4v) is 1.68. The Morgan fingerprint density at radius 1 is 1.35 bits per heavy atom. The molecule has 0 aliphatic carbocycles. The van der Waals surface area contributed by atoms with Crippen molar-refractivity contribution in [1.82, 2.24) is 4.90 Å². The lowest BCUT2D eigenvalue weighted by Gasteiger charge is -2.27. The van der Waals surface area contributed by atoms with Gasteiger partial charge in [0.2, 0.25) is 5.82 Å². The summed E-state index contributed by atoms with van der Waals surface area (Å²) >= 11 is 0. The lowest BCUT2D eigenvalue weighted by molar-refractivity contribution is -0.387. The Morgan fingerprint density at radius 3 is 2.35 bits per heavy atom. The van der Waals surface area contributed by atoms with Gasteiger partial charge in [-0.25, -0.2) is 0 Å². The molecule has 0 amide bonds. The van der Waals surface area contributed by atoms with Crippen molar-refractivity contribution in [3.63, 3.8) is 0 Å². The molecule has 1 aromatic carbocycles. The van der Waals surface area contributed by atoms with Crippen molar-refractivity contribution in [1.29, 1.82) is 0 Å². The Kier molecular flexibility index (Phi) is 5.04. The third-order valence-electron chi connectivity index (χ3n) is 2.71. The largest absolute Gasteiger partial charge is 0.401 e. The summed E-state index contributed by atoms with van der Waals surface area (Å²) < 4.78 is 50.6. The molecule has 0 aromatic heterocycles. The van der Waals surface area contributed by atoms with E-state index < -0.39 is 35.2 Å². The van der Waals surface area contributed by atoms with Gasteiger partial charge in [0.25, 0.3) is 0 Å². The monoisotopic (exact) mass is 294 g/mol. The quantitative estimate of drug-likeness (QED) is 0.474. The minimum Gasteiger partial charge on any atom is -0.288 e. The van der Waals surface area contributed by atoms with Crippen molar-refractivity contribution in [2.24, 2.45) is 0 Å². The molecular formula is C12H14F4N2O2. The smallest absolute Gasteiger partial charge is 0.288 e. The molecule has 0 aliphatic heterocycles. The first kappa shape index (κ1) is 16.4. The summed E-state index contributed by atoms with van der Waals surface area (Å²) in [4.78, 5) is 10.7. The maximum absolute atomic E-state index is 13.4. The van der Waals surface area contributed by atoms with Crippen LogP contribution in [-0.2, 0) is 6.54 Å². The minimum atomic E-state index is -4.36. The van der Waals surface area contributed by atoms with Crippen LogP contribution in [0, 0.1) is 15.9 Å². The Morgan fingerprint density at radius 2 is 1.95 bits per heavy atom. The van der Waals surface area contributed by atoms with Crippen LogP contribution in [-0.4, -0.2) is 28.6 Å². The summed E-state index contributed by atoms with van der Waals surface area (Å²) in [6.45, 7) is 1.93. The van der Waals surface area contributed by atoms with E-state index in [0.29, 0.717) is 0 Å². The van der Waals surface area contributed by atoms with Gasteiger partial charge in [0, 0.05) is 18.7 Å². The zero-order chi connectivity index (χ0) is 15.5. The standard InChI is InChI=1S/C12H14F4N2O2/c1-8(2)17(7-12(14,15)16)6-9-3-4-11(18(19)20)10(13)5-9/h3-5,8H,6-7H2,1-2H3. The van der Waals surface area contributed by atoms with Gasteiger partial charge in [0.15, 0.2) is 0 Å². The van der Waals surface area contributed by atoms with Gasteiger partial charge in [-0.3, -0.25) is 15.0 Å². The van der Waals surface area contributed by atoms with Crippen LogP contribution in [0.4, 0.5) is 23.2 Å². The Hall–Kier alpha value is -1.70. The molecule has 0 heterocycles. The van der Waals surface area contributed by atoms with E-state index in [1.165, 1.54) is 6.07 Å². The van der Waals surface area contributed by atoms with Gasteiger partial charge in [-0.05, 0) is 25.5 Å². The number of nitro groups is 1. The van der Waals surface area contributed by atoms with E-state index in [1.54, 1.807) is 13.8 Å². The van der Waals surface area contributed by atoms with E-state index in [2.05, 4.69) is 0 Å². The van der Waals surface area contributed by atoms with Crippen LogP contribution in [0.1, 0.15) is 19.4 Å². The molecule has 112 valence electrons. The van der Waals surface area contributed by atoms with E-state index in [0.717, 1.165) is 17.0 Å². The van der Waals surface area contributed by atoms with E-state index in [9.17, 15) is 27.7 Å². The van der Waals surface area contributed by atoms with Crippen LogP contribution in [0.5, 0.6) is 0 Å². The predicted octanol–water partition coefficient (Wildman–Crippen LogP) is 3.51. The summed E-state index contributed by atoms with van der Waals surface area (Å²) in [5.74, 6) is -1.05. The number of rotatable bonds is 5. The highest BCUT2D eigenvalue weighted by atomic mass is 19.4. The third-order valence-corrected chi connectivity index (χ3v) is 2.71. The molecule has 0 bridgehead atoms. The Balaban J connectivity index is 2.89. The Bertz CT molecular complexity index is 489. The van der Waals surface area contributed by atoms with E-state index >= 15 is 0 Å². The number of benzene rings is 1. The molecule has 4 nitrogen and oxygen atoms in total. The van der Waals surface area contributed by atoms with Crippen molar-refractivity contribution in [2.45, 2.75) is 32.6 Å². The molecule has 0 unspecified atom stereocenters. The number of nitro benzene ring substituents is 1. The molecule has 8 heteroatoms. The highest BCUT2D eigenvalue weighted by Gasteiger charge is 2.31. The first-order chi connectivity index (χ1) is 9.10. The molecule has 0 spiro atoms. The van der Waals surface area contributed by atoms with Crippen LogP contribution in [0.25, 0.3) is 0 Å². The molecule has 0 saturated heterocycles. The normalized spacial score (nSPS) is 12.2. The highest BCUT2D eigenvalue weighted by molar-refractivity contribution is 5.35. The number of halogens is 4. The first-order valence-electron chi connectivity index (χ1n) is 5.84. The molecular weight excluding hydrogens is 280 g/mol. The molecule has 0 fully saturated rings. The molecule has 0 N–H and O–H groups in total. The van der Waals surface area contributed by atoms with Crippen LogP contribution in [0.2, 0.25) is 0 Å². The third kappa shape index (κ3) is 4.76. The fourth-order valence-electron chi connectivity index (χ4n) is 1.68. The van der Waals surface area contributed by atoms with Crippen molar-refractivity contribution in [3.05, 3.63) is 39.7 Å². The SMILES string of the molecule is CC(C)N(Cc1ccc([N+](=O)[O-])c(F)c1)CC(F)(F)F. The van der Waals surface area contributed by atoms with E-state index in [1.807, 2.05) is 0 Å². The van der Waals surface area contributed by atoms with Crippen molar-refractivity contribution in [2.75, 3.05) is 6.54 Å². The first-order valence-corrected chi connectivity index (χ1v) is 5.84. The van der Waals surface area contributed by atoms with Gasteiger partial charge < -0.3 is 0 Å². The molecule has 0 atom stereocenters. The van der Waals surface area contributed by atoms with Gasteiger partial charge >= 0.3 is 11.9 Å².